The van der Waals surface area contributed by atoms with Gasteiger partial charge in [0.2, 0.25) is 10.0 Å². The first kappa shape index (κ1) is 15.8. The maximum absolute atomic E-state index is 12.8. The van der Waals surface area contributed by atoms with Crippen LogP contribution in [0.3, 0.4) is 0 Å². The third-order valence-corrected chi connectivity index (χ3v) is 7.11. The van der Waals surface area contributed by atoms with E-state index in [2.05, 4.69) is 29.2 Å². The molecule has 0 bridgehead atoms. The molecule has 0 radical (unpaired) electrons. The second kappa shape index (κ2) is 6.31. The Hall–Kier alpha value is -1.69. The number of hydrogen-bond donors (Lipinski definition) is 0. The summed E-state index contributed by atoms with van der Waals surface area (Å²) in [5, 5.41) is 0. The minimum atomic E-state index is -3.37. The fourth-order valence-corrected chi connectivity index (χ4v) is 5.33. The highest BCUT2D eigenvalue weighted by Gasteiger charge is 2.45. The van der Waals surface area contributed by atoms with E-state index < -0.39 is 10.0 Å². The van der Waals surface area contributed by atoms with Crippen molar-refractivity contribution in [1.29, 1.82) is 0 Å². The maximum Gasteiger partial charge on any atom is 0.243 e. The molecular weight excluding hydrogens is 320 g/mol. The van der Waals surface area contributed by atoms with Gasteiger partial charge in [-0.1, -0.05) is 48.5 Å². The largest absolute Gasteiger partial charge is 0.294 e. The van der Waals surface area contributed by atoms with Crippen molar-refractivity contribution in [3.05, 3.63) is 66.2 Å². The van der Waals surface area contributed by atoms with Crippen LogP contribution in [0, 0.1) is 5.92 Å². The Morgan fingerprint density at radius 1 is 0.917 bits per heavy atom. The molecule has 2 aromatic rings. The first-order valence-corrected chi connectivity index (χ1v) is 9.92. The van der Waals surface area contributed by atoms with Crippen LogP contribution in [0.4, 0.5) is 0 Å². The van der Waals surface area contributed by atoms with Crippen LogP contribution in [-0.4, -0.2) is 43.3 Å². The van der Waals surface area contributed by atoms with E-state index in [4.69, 9.17) is 0 Å². The van der Waals surface area contributed by atoms with E-state index in [-0.39, 0.29) is 0 Å². The molecule has 0 N–H and O–H groups in total. The molecule has 0 unspecified atom stereocenters. The van der Waals surface area contributed by atoms with Crippen molar-refractivity contribution in [3.63, 3.8) is 0 Å². The van der Waals surface area contributed by atoms with Gasteiger partial charge in [0, 0.05) is 32.2 Å². The molecule has 2 heterocycles. The molecular formula is C19H22N2O2S. The Labute approximate surface area is 143 Å². The Kier molecular flexibility index (Phi) is 4.16. The van der Waals surface area contributed by atoms with Gasteiger partial charge in [-0.3, -0.25) is 4.90 Å². The van der Waals surface area contributed by atoms with Crippen LogP contribution in [0.15, 0.2) is 65.6 Å². The first-order valence-electron chi connectivity index (χ1n) is 8.48. The molecule has 0 saturated carbocycles. The van der Waals surface area contributed by atoms with Gasteiger partial charge >= 0.3 is 0 Å². The highest BCUT2D eigenvalue weighted by molar-refractivity contribution is 7.89. The molecule has 4 nitrogen and oxygen atoms in total. The molecule has 0 spiro atoms. The van der Waals surface area contributed by atoms with Crippen molar-refractivity contribution in [3.8, 4) is 0 Å². The van der Waals surface area contributed by atoms with Gasteiger partial charge in [-0.15, -0.1) is 0 Å². The van der Waals surface area contributed by atoms with Crippen LogP contribution in [0.2, 0.25) is 0 Å². The van der Waals surface area contributed by atoms with Crippen molar-refractivity contribution < 1.29 is 8.42 Å². The minimum absolute atomic E-state index is 0.345. The maximum atomic E-state index is 12.8. The summed E-state index contributed by atoms with van der Waals surface area (Å²) in [7, 11) is -3.37. The van der Waals surface area contributed by atoms with Crippen LogP contribution in [0.25, 0.3) is 0 Å². The lowest BCUT2D eigenvalue weighted by Crippen LogP contribution is -2.64. The van der Waals surface area contributed by atoms with Gasteiger partial charge in [-0.25, -0.2) is 8.42 Å². The summed E-state index contributed by atoms with van der Waals surface area (Å²) in [6, 6.07) is 19.5. The Morgan fingerprint density at radius 3 is 2.29 bits per heavy atom. The molecule has 2 aliphatic heterocycles. The molecule has 0 aromatic heterocycles. The van der Waals surface area contributed by atoms with E-state index in [9.17, 15) is 8.42 Å². The number of sulfonamides is 1. The summed E-state index contributed by atoms with van der Waals surface area (Å²) in [6.45, 7) is 3.23. The zero-order chi connectivity index (χ0) is 16.6. The quantitative estimate of drug-likeness (QED) is 0.857. The number of hydrogen-bond acceptors (Lipinski definition) is 3. The summed E-state index contributed by atoms with van der Waals surface area (Å²) >= 11 is 0. The lowest BCUT2D eigenvalue weighted by atomic mass is 9.83. The van der Waals surface area contributed by atoms with Crippen LogP contribution >= 0.6 is 0 Å². The van der Waals surface area contributed by atoms with E-state index >= 15 is 0 Å². The van der Waals surface area contributed by atoms with Gasteiger partial charge in [0.1, 0.15) is 0 Å². The predicted octanol–water partition coefficient (Wildman–Crippen LogP) is 2.58. The fourth-order valence-electron chi connectivity index (χ4n) is 3.84. The fraction of sp³-hybridized carbons (Fsp3) is 0.368. The number of fused-ring (bicyclic) bond motifs is 1. The first-order chi connectivity index (χ1) is 11.6. The Balaban J connectivity index is 1.47. The zero-order valence-electron chi connectivity index (χ0n) is 13.6. The van der Waals surface area contributed by atoms with Crippen molar-refractivity contribution in [1.82, 2.24) is 9.21 Å². The number of likely N-dealkylation sites (tertiary alicyclic amines) is 1. The lowest BCUT2D eigenvalue weighted by Gasteiger charge is -2.53. The number of rotatable bonds is 4. The molecule has 24 heavy (non-hydrogen) atoms. The molecule has 2 saturated heterocycles. The topological polar surface area (TPSA) is 40.6 Å². The second-order valence-corrected chi connectivity index (χ2v) is 8.65. The SMILES string of the molecule is O=S(=O)(c1ccccc1)N1CC[C@@H]2CN(Cc3ccccc3)[C@@H]2C1. The van der Waals surface area contributed by atoms with Gasteiger partial charge in [0.05, 0.1) is 4.90 Å². The van der Waals surface area contributed by atoms with Gasteiger partial charge < -0.3 is 0 Å². The third kappa shape index (κ3) is 2.88. The minimum Gasteiger partial charge on any atom is -0.294 e. The third-order valence-electron chi connectivity index (χ3n) is 5.23. The Morgan fingerprint density at radius 2 is 1.58 bits per heavy atom. The van der Waals surface area contributed by atoms with E-state index in [0.29, 0.717) is 29.9 Å². The molecule has 2 atom stereocenters. The monoisotopic (exact) mass is 342 g/mol. The molecule has 0 aliphatic carbocycles. The normalized spacial score (nSPS) is 25.0. The zero-order valence-corrected chi connectivity index (χ0v) is 14.4. The molecule has 0 amide bonds. The van der Waals surface area contributed by atoms with Crippen LogP contribution < -0.4 is 0 Å². The average molecular weight is 342 g/mol. The summed E-state index contributed by atoms with van der Waals surface area (Å²) in [5.74, 6) is 0.635. The smallest absolute Gasteiger partial charge is 0.243 e. The highest BCUT2D eigenvalue weighted by atomic mass is 32.2. The Bertz CT molecular complexity index is 793. The standard InChI is InChI=1S/C19H22N2O2S/c22-24(23,18-9-5-2-6-10-18)21-12-11-17-14-20(19(17)15-21)13-16-7-3-1-4-8-16/h1-10,17,19H,11-15H2/t17-,19-/m1/s1. The predicted molar refractivity (Wildman–Crippen MR) is 93.9 cm³/mol. The average Bonchev–Trinajstić information content (AvgIpc) is 2.61. The highest BCUT2D eigenvalue weighted by Crippen LogP contribution is 2.35. The van der Waals surface area contributed by atoms with Crippen LogP contribution in [0.1, 0.15) is 12.0 Å². The van der Waals surface area contributed by atoms with Crippen molar-refractivity contribution >= 4 is 10.0 Å². The number of nitrogens with zero attached hydrogens (tertiary/aromatic N) is 2. The summed E-state index contributed by atoms with van der Waals surface area (Å²) in [4.78, 5) is 2.81. The summed E-state index contributed by atoms with van der Waals surface area (Å²) < 4.78 is 27.3. The van der Waals surface area contributed by atoms with Gasteiger partial charge in [0.25, 0.3) is 0 Å². The number of benzene rings is 2. The molecule has 126 valence electrons. The van der Waals surface area contributed by atoms with E-state index in [1.807, 2.05) is 12.1 Å². The van der Waals surface area contributed by atoms with Crippen LogP contribution in [-0.2, 0) is 16.6 Å². The molecule has 4 rings (SSSR count). The van der Waals surface area contributed by atoms with Crippen molar-refractivity contribution in [2.75, 3.05) is 19.6 Å². The van der Waals surface area contributed by atoms with E-state index in [1.54, 1.807) is 28.6 Å². The van der Waals surface area contributed by atoms with Gasteiger partial charge in [-0.05, 0) is 30.0 Å². The van der Waals surface area contributed by atoms with Crippen molar-refractivity contribution in [2.24, 2.45) is 5.92 Å². The van der Waals surface area contributed by atoms with E-state index in [0.717, 1.165) is 19.5 Å². The molecule has 2 aromatic carbocycles. The van der Waals surface area contributed by atoms with Crippen molar-refractivity contribution in [2.45, 2.75) is 23.9 Å². The lowest BCUT2D eigenvalue weighted by molar-refractivity contribution is -0.0308. The summed E-state index contributed by atoms with van der Waals surface area (Å²) in [5.41, 5.74) is 1.29. The second-order valence-electron chi connectivity index (χ2n) is 6.71. The summed E-state index contributed by atoms with van der Waals surface area (Å²) in [6.07, 6.45) is 0.960. The molecule has 5 heteroatoms. The number of piperidine rings is 1. The van der Waals surface area contributed by atoms with Gasteiger partial charge in [0.15, 0.2) is 0 Å². The van der Waals surface area contributed by atoms with Gasteiger partial charge in [-0.2, -0.15) is 4.31 Å². The molecule has 2 aliphatic rings. The van der Waals surface area contributed by atoms with E-state index in [1.165, 1.54) is 5.56 Å². The van der Waals surface area contributed by atoms with Crippen LogP contribution in [0.5, 0.6) is 0 Å². The molecule has 2 fully saturated rings.